The number of hydrogen-bond acceptors (Lipinski definition) is 7. The smallest absolute Gasteiger partial charge is 0.361 e. The van der Waals surface area contributed by atoms with Crippen molar-refractivity contribution in [3.8, 4) is 0 Å². The molecule has 0 amide bonds. The monoisotopic (exact) mass is 828 g/mol. The first-order chi connectivity index (χ1) is 27.6. The summed E-state index contributed by atoms with van der Waals surface area (Å²) in [5.41, 5.74) is 0. The number of unbranched alkanes of at least 4 members (excludes halogenated alkanes) is 18. The lowest BCUT2D eigenvalue weighted by Crippen LogP contribution is -2.47. The second-order valence-electron chi connectivity index (χ2n) is 19.4. The molecule has 0 fully saturated rings. The van der Waals surface area contributed by atoms with Gasteiger partial charge in [0.2, 0.25) is 0 Å². The Hall–Kier alpha value is -1.75. The zero-order valence-electron chi connectivity index (χ0n) is 40.2. The lowest BCUT2D eigenvalue weighted by atomic mass is 10.1. The average Bonchev–Trinajstić information content (AvgIpc) is 3.13. The van der Waals surface area contributed by atoms with Crippen LogP contribution in [-0.4, -0.2) is 157 Å². The molecule has 0 N–H and O–H groups in total. The average molecular weight is 828 g/mol. The Balaban J connectivity index is 4.93. The summed E-state index contributed by atoms with van der Waals surface area (Å²) >= 11 is 0. The van der Waals surface area contributed by atoms with Crippen LogP contribution in [-0.2, 0) is 28.6 Å². The summed E-state index contributed by atoms with van der Waals surface area (Å²) in [7, 11) is 12.7. The Bertz CT molecular complexity index is 881. The first-order valence-electron chi connectivity index (χ1n) is 24.3. The molecule has 0 aliphatic heterocycles. The van der Waals surface area contributed by atoms with Crippen molar-refractivity contribution in [3.05, 3.63) is 0 Å². The zero-order valence-corrected chi connectivity index (χ0v) is 40.2. The number of quaternary nitrogens is 3. The number of esters is 3. The van der Waals surface area contributed by atoms with Crippen LogP contribution in [0.25, 0.3) is 0 Å². The maximum absolute atomic E-state index is 12.7. The van der Waals surface area contributed by atoms with E-state index in [4.69, 9.17) is 14.2 Å². The van der Waals surface area contributed by atoms with Crippen LogP contribution in [0.3, 0.4) is 0 Å². The topological polar surface area (TPSA) is 82.1 Å². The van der Waals surface area contributed by atoms with Crippen molar-refractivity contribution in [2.75, 3.05) is 121 Å². The predicted molar refractivity (Wildman–Crippen MR) is 243 cm³/mol. The molecule has 0 aromatic heterocycles. The molecule has 0 atom stereocenters. The van der Waals surface area contributed by atoms with Gasteiger partial charge in [-0.05, 0) is 19.3 Å². The van der Waals surface area contributed by atoms with Crippen LogP contribution < -0.4 is 0 Å². The third-order valence-corrected chi connectivity index (χ3v) is 11.4. The van der Waals surface area contributed by atoms with Crippen LogP contribution in [0.4, 0.5) is 0 Å². The molecule has 0 aromatic rings. The van der Waals surface area contributed by atoms with Gasteiger partial charge in [0.25, 0.3) is 0 Å². The Kier molecular flexibility index (Phi) is 34.9. The van der Waals surface area contributed by atoms with E-state index in [1.54, 1.807) is 0 Å². The molecule has 58 heavy (non-hydrogen) atoms. The normalized spacial score (nSPS) is 12.3. The highest BCUT2D eigenvalue weighted by Gasteiger charge is 2.25. The molecule has 0 aliphatic carbocycles. The van der Waals surface area contributed by atoms with E-state index >= 15 is 0 Å². The van der Waals surface area contributed by atoms with E-state index in [9.17, 15) is 14.4 Å². The van der Waals surface area contributed by atoms with Gasteiger partial charge in [0.05, 0.1) is 81.7 Å². The molecule has 0 spiro atoms. The molecular formula is C48H99N4O6+3. The molecule has 0 aliphatic rings. The second kappa shape index (κ2) is 36.0. The van der Waals surface area contributed by atoms with Gasteiger partial charge in [-0.1, -0.05) is 136 Å². The maximum atomic E-state index is 12.7. The van der Waals surface area contributed by atoms with Gasteiger partial charge in [0.1, 0.15) is 0 Å². The Morgan fingerprint density at radius 1 is 0.345 bits per heavy atom. The zero-order chi connectivity index (χ0) is 43.4. The van der Waals surface area contributed by atoms with E-state index in [-0.39, 0.29) is 17.9 Å². The molecule has 0 bridgehead atoms. The molecule has 344 valence electrons. The van der Waals surface area contributed by atoms with Crippen molar-refractivity contribution >= 4 is 17.9 Å². The summed E-state index contributed by atoms with van der Waals surface area (Å²) in [4.78, 5) is 40.6. The highest BCUT2D eigenvalue weighted by atomic mass is 16.5. The Labute approximate surface area is 359 Å². The standard InChI is InChI=1S/C48H99N4O6/c1-10-13-16-19-22-25-28-40-56-46(53)43-50(4,5)37-31-34-49(35-32-38-51(6,7)44-47(54)57-41-29-26-23-20-17-14-11-2)36-33-39-52(8,9)45-48(55)58-42-30-27-24-21-18-15-12-3/h10-45H2,1-9H3/q+3. The first kappa shape index (κ1) is 56.2. The fourth-order valence-electron chi connectivity index (χ4n) is 7.66. The number of rotatable bonds is 42. The quantitative estimate of drug-likeness (QED) is 0.0263. The lowest BCUT2D eigenvalue weighted by Gasteiger charge is -2.32. The molecule has 0 saturated heterocycles. The van der Waals surface area contributed by atoms with Crippen LogP contribution in [0.2, 0.25) is 0 Å². The molecule has 0 rings (SSSR count). The Morgan fingerprint density at radius 2 is 0.569 bits per heavy atom. The van der Waals surface area contributed by atoms with Crippen LogP contribution in [0.5, 0.6) is 0 Å². The van der Waals surface area contributed by atoms with Gasteiger partial charge in [-0.3, -0.25) is 0 Å². The van der Waals surface area contributed by atoms with Crippen LogP contribution in [0.15, 0.2) is 0 Å². The van der Waals surface area contributed by atoms with E-state index in [0.717, 1.165) is 97.1 Å². The van der Waals surface area contributed by atoms with Gasteiger partial charge in [-0.25, -0.2) is 14.4 Å². The highest BCUT2D eigenvalue weighted by Crippen LogP contribution is 2.12. The SMILES string of the molecule is CCCCCCCCCOC(=O)C[N+](C)(C)CCCN(CCC[N+](C)(C)CC(=O)OCCCCCCCCC)CCC[N+](C)(C)CC(=O)OCCCCCCCCC. The van der Waals surface area contributed by atoms with Crippen molar-refractivity contribution in [1.29, 1.82) is 0 Å². The highest BCUT2D eigenvalue weighted by molar-refractivity contribution is 5.71. The van der Waals surface area contributed by atoms with Crippen molar-refractivity contribution in [2.45, 2.75) is 175 Å². The molecular weight excluding hydrogens is 729 g/mol. The van der Waals surface area contributed by atoms with Crippen molar-refractivity contribution in [1.82, 2.24) is 4.90 Å². The van der Waals surface area contributed by atoms with Gasteiger partial charge < -0.3 is 32.6 Å². The van der Waals surface area contributed by atoms with Crippen LogP contribution in [0, 0.1) is 0 Å². The minimum Gasteiger partial charge on any atom is -0.462 e. The molecule has 0 aromatic carbocycles. The van der Waals surface area contributed by atoms with Crippen molar-refractivity contribution < 1.29 is 42.0 Å². The summed E-state index contributed by atoms with van der Waals surface area (Å²) in [5.74, 6) is -0.306. The second-order valence-corrected chi connectivity index (χ2v) is 19.4. The summed E-state index contributed by atoms with van der Waals surface area (Å²) in [6.45, 7) is 14.9. The number of hydrogen-bond donors (Lipinski definition) is 0. The third kappa shape index (κ3) is 37.3. The summed E-state index contributed by atoms with van der Waals surface area (Å²) in [5, 5.41) is 0. The third-order valence-electron chi connectivity index (χ3n) is 11.4. The molecule has 0 unspecified atom stereocenters. The van der Waals surface area contributed by atoms with Crippen molar-refractivity contribution in [3.63, 3.8) is 0 Å². The summed E-state index contributed by atoms with van der Waals surface area (Å²) < 4.78 is 18.7. The fourth-order valence-corrected chi connectivity index (χ4v) is 7.66. The predicted octanol–water partition coefficient (Wildman–Crippen LogP) is 9.57. The number of carbonyl (C=O) groups is 3. The van der Waals surface area contributed by atoms with Gasteiger partial charge in [0, 0.05) is 38.9 Å². The first-order valence-corrected chi connectivity index (χ1v) is 24.3. The van der Waals surface area contributed by atoms with Crippen LogP contribution in [0.1, 0.15) is 175 Å². The summed E-state index contributed by atoms with van der Waals surface area (Å²) in [6, 6.07) is 0. The van der Waals surface area contributed by atoms with E-state index in [1.165, 1.54) is 96.3 Å². The van der Waals surface area contributed by atoms with Crippen molar-refractivity contribution in [2.24, 2.45) is 0 Å². The van der Waals surface area contributed by atoms with E-state index in [2.05, 4.69) is 68.0 Å². The molecule has 0 saturated carbocycles. The number of ether oxygens (including phenoxy) is 3. The maximum Gasteiger partial charge on any atom is 0.361 e. The largest absolute Gasteiger partial charge is 0.462 e. The molecule has 10 nitrogen and oxygen atoms in total. The van der Waals surface area contributed by atoms with Gasteiger partial charge in [0.15, 0.2) is 19.6 Å². The fraction of sp³-hybridized carbons (Fsp3) is 0.938. The van der Waals surface area contributed by atoms with E-state index in [1.807, 2.05) is 0 Å². The van der Waals surface area contributed by atoms with E-state index in [0.29, 0.717) is 52.9 Å². The Morgan fingerprint density at radius 3 is 0.810 bits per heavy atom. The minimum atomic E-state index is -0.102. The van der Waals surface area contributed by atoms with E-state index < -0.39 is 0 Å². The summed E-state index contributed by atoms with van der Waals surface area (Å²) in [6.07, 6.45) is 28.3. The number of likely N-dealkylation sites (N-methyl/N-ethyl adjacent to an activating group) is 3. The van der Waals surface area contributed by atoms with Crippen LogP contribution >= 0.6 is 0 Å². The number of nitrogens with zero attached hydrogens (tertiary/aromatic N) is 4. The molecule has 10 heteroatoms. The molecule has 0 heterocycles. The van der Waals surface area contributed by atoms with Gasteiger partial charge in [-0.2, -0.15) is 0 Å². The number of carbonyl (C=O) groups excluding carboxylic acids is 3. The molecule has 0 radical (unpaired) electrons. The lowest BCUT2D eigenvalue weighted by molar-refractivity contribution is -0.883. The van der Waals surface area contributed by atoms with Gasteiger partial charge in [-0.15, -0.1) is 0 Å². The minimum absolute atomic E-state index is 0.102. The van der Waals surface area contributed by atoms with Gasteiger partial charge >= 0.3 is 17.9 Å².